The van der Waals surface area contributed by atoms with Crippen LogP contribution in [-0.2, 0) is 12.3 Å². The van der Waals surface area contributed by atoms with Crippen LogP contribution in [0.15, 0.2) is 0 Å². The summed E-state index contributed by atoms with van der Waals surface area (Å²) >= 11 is 5.68. The largest absolute Gasteiger partial charge is 0.484 e. The minimum atomic E-state index is -2.70. The van der Waals surface area contributed by atoms with Crippen LogP contribution in [0.3, 0.4) is 0 Å². The zero-order chi connectivity index (χ0) is 9.83. The van der Waals surface area contributed by atoms with Gasteiger partial charge in [-0.1, -0.05) is 0 Å². The molecule has 0 atom stereocenters. The number of hydrogen-bond donors (Lipinski definition) is 0. The first-order chi connectivity index (χ1) is 5.39. The molecule has 0 bridgehead atoms. The molecule has 0 rings (SSSR count). The molecule has 0 amide bonds. The van der Waals surface area contributed by atoms with Crippen LogP contribution >= 0.6 is 11.6 Å². The lowest BCUT2D eigenvalue weighted by Gasteiger charge is -2.31. The second-order valence-corrected chi connectivity index (χ2v) is 12.3. The molecule has 0 spiro atoms. The number of hydrogen-bond acceptors (Lipinski definition) is 3. The molecule has 68 valence electrons. The Bertz CT molecular complexity index is 126. The van der Waals surface area contributed by atoms with Crippen LogP contribution in [0.2, 0.25) is 19.6 Å². The van der Waals surface area contributed by atoms with Gasteiger partial charge in [0, 0.05) is 0 Å². The Labute approximate surface area is 87.3 Å². The van der Waals surface area contributed by atoms with Gasteiger partial charge in [0.1, 0.15) is 0 Å². The molecule has 0 fully saturated rings. The van der Waals surface area contributed by atoms with Gasteiger partial charge in [-0.3, -0.25) is 0 Å². The Hall–Kier alpha value is 1.04. The van der Waals surface area contributed by atoms with Crippen LogP contribution in [0.25, 0.3) is 0 Å². The van der Waals surface area contributed by atoms with Crippen molar-refractivity contribution in [1.82, 2.24) is 0 Å². The SMILES string of the molecule is C[Si](C)(C)O[Si](CCl)(O[Si])O[Si]. The maximum absolute atomic E-state index is 5.68. The average molecular weight is 255 g/mol. The van der Waals surface area contributed by atoms with E-state index in [1.165, 1.54) is 0 Å². The van der Waals surface area contributed by atoms with Crippen LogP contribution in [-0.4, -0.2) is 43.6 Å². The van der Waals surface area contributed by atoms with E-state index in [9.17, 15) is 0 Å². The second kappa shape index (κ2) is 5.05. The van der Waals surface area contributed by atoms with Gasteiger partial charge >= 0.3 is 8.80 Å². The Balaban J connectivity index is 4.30. The molecule has 0 aliphatic rings. The van der Waals surface area contributed by atoms with Crippen molar-refractivity contribution in [2.45, 2.75) is 19.6 Å². The predicted octanol–water partition coefficient (Wildman–Crippen LogP) is 0.755. The van der Waals surface area contributed by atoms with Gasteiger partial charge in [-0.2, -0.15) is 0 Å². The minimum absolute atomic E-state index is 0.213. The van der Waals surface area contributed by atoms with Crippen molar-refractivity contribution in [3.8, 4) is 0 Å². The Kier molecular flexibility index (Phi) is 5.49. The second-order valence-electron chi connectivity index (χ2n) is 3.24. The fourth-order valence-corrected chi connectivity index (χ4v) is 8.10. The normalized spacial score (nSPS) is 13.5. The Morgan fingerprint density at radius 2 is 1.58 bits per heavy atom. The molecule has 0 saturated heterocycles. The quantitative estimate of drug-likeness (QED) is 0.536. The molecule has 6 radical (unpaired) electrons. The van der Waals surface area contributed by atoms with E-state index in [1.807, 2.05) is 19.6 Å². The molecular formula is C4H11ClO3Si4. The van der Waals surface area contributed by atoms with Crippen LogP contribution in [0, 0.1) is 0 Å². The smallest absolute Gasteiger partial charge is 0.416 e. The van der Waals surface area contributed by atoms with E-state index in [2.05, 4.69) is 21.0 Å². The van der Waals surface area contributed by atoms with Gasteiger partial charge in [0.2, 0.25) is 21.0 Å². The molecule has 0 aliphatic carbocycles. The number of halogens is 1. The maximum atomic E-state index is 5.68. The minimum Gasteiger partial charge on any atom is -0.416 e. The van der Waals surface area contributed by atoms with Crippen LogP contribution in [0.1, 0.15) is 0 Å². The molecule has 0 unspecified atom stereocenters. The molecule has 8 heteroatoms. The molecule has 0 aromatic carbocycles. The van der Waals surface area contributed by atoms with Gasteiger partial charge in [0.25, 0.3) is 0 Å². The van der Waals surface area contributed by atoms with Crippen molar-refractivity contribution in [1.29, 1.82) is 0 Å². The third kappa shape index (κ3) is 4.32. The van der Waals surface area contributed by atoms with Gasteiger partial charge in [-0.15, -0.1) is 11.6 Å². The monoisotopic (exact) mass is 254 g/mol. The van der Waals surface area contributed by atoms with Gasteiger partial charge in [0.05, 0.1) is 5.50 Å². The van der Waals surface area contributed by atoms with Crippen LogP contribution in [0.5, 0.6) is 0 Å². The first-order valence-corrected chi connectivity index (χ1v) is 10.0. The molecule has 0 aliphatic heterocycles. The lowest BCUT2D eigenvalue weighted by molar-refractivity contribution is 0.289. The molecule has 0 heterocycles. The lowest BCUT2D eigenvalue weighted by Crippen LogP contribution is -2.53. The third-order valence-electron chi connectivity index (χ3n) is 0.936. The summed E-state index contributed by atoms with van der Waals surface area (Å²) in [6.45, 7) is 6.12. The van der Waals surface area contributed by atoms with Gasteiger partial charge in [-0.05, 0) is 19.6 Å². The van der Waals surface area contributed by atoms with E-state index >= 15 is 0 Å². The van der Waals surface area contributed by atoms with Gasteiger partial charge in [0.15, 0.2) is 8.32 Å². The number of alkyl halides is 1. The van der Waals surface area contributed by atoms with E-state index in [-0.39, 0.29) is 5.50 Å². The standard InChI is InChI=1S/C4H11ClO3Si4/c1-11(2,3)8-12(4-5,6-9)7-10/h4H2,1-3H3. The molecule has 12 heavy (non-hydrogen) atoms. The summed E-state index contributed by atoms with van der Waals surface area (Å²) in [7, 11) is 1.44. The summed E-state index contributed by atoms with van der Waals surface area (Å²) in [6.07, 6.45) is 0. The summed E-state index contributed by atoms with van der Waals surface area (Å²) in [5.74, 6) is 0. The van der Waals surface area contributed by atoms with Crippen molar-refractivity contribution in [3.63, 3.8) is 0 Å². The number of rotatable bonds is 5. The summed E-state index contributed by atoms with van der Waals surface area (Å²) in [6, 6.07) is 0. The van der Waals surface area contributed by atoms with Crippen molar-refractivity contribution >= 4 is 49.7 Å². The molecule has 0 aromatic heterocycles. The topological polar surface area (TPSA) is 27.7 Å². The highest BCUT2D eigenvalue weighted by Crippen LogP contribution is 2.16. The lowest BCUT2D eigenvalue weighted by atomic mass is 11.8. The zero-order valence-electron chi connectivity index (χ0n) is 7.31. The average Bonchev–Trinajstić information content (AvgIpc) is 1.99. The maximum Gasteiger partial charge on any atom is 0.484 e. The highest BCUT2D eigenvalue weighted by atomic mass is 35.5. The van der Waals surface area contributed by atoms with Crippen molar-refractivity contribution in [2.75, 3.05) is 5.50 Å². The van der Waals surface area contributed by atoms with E-state index < -0.39 is 17.1 Å². The fraction of sp³-hybridized carbons (Fsp3) is 1.00. The first kappa shape index (κ1) is 13.0. The van der Waals surface area contributed by atoms with E-state index in [0.29, 0.717) is 0 Å². The van der Waals surface area contributed by atoms with Crippen molar-refractivity contribution < 1.29 is 12.3 Å². The van der Waals surface area contributed by atoms with Gasteiger partial charge in [-0.25, -0.2) is 0 Å². The Morgan fingerprint density at radius 3 is 1.67 bits per heavy atom. The molecular weight excluding hydrogens is 244 g/mol. The molecule has 3 nitrogen and oxygen atoms in total. The molecule has 0 N–H and O–H groups in total. The van der Waals surface area contributed by atoms with Gasteiger partial charge < -0.3 is 12.3 Å². The molecule has 0 saturated carbocycles. The zero-order valence-corrected chi connectivity index (χ0v) is 12.1. The summed E-state index contributed by atoms with van der Waals surface area (Å²) in [5.41, 5.74) is 0.213. The van der Waals surface area contributed by atoms with Crippen LogP contribution < -0.4 is 0 Å². The molecule has 0 aromatic rings. The Morgan fingerprint density at radius 1 is 1.17 bits per heavy atom. The predicted molar refractivity (Wildman–Crippen MR) is 54.6 cm³/mol. The summed E-state index contributed by atoms with van der Waals surface area (Å²) in [4.78, 5) is 0. The van der Waals surface area contributed by atoms with Crippen molar-refractivity contribution in [2.24, 2.45) is 0 Å². The van der Waals surface area contributed by atoms with Crippen LogP contribution in [0.4, 0.5) is 0 Å². The van der Waals surface area contributed by atoms with E-state index in [4.69, 9.17) is 23.9 Å². The highest BCUT2D eigenvalue weighted by molar-refractivity contribution is 6.84. The van der Waals surface area contributed by atoms with E-state index in [0.717, 1.165) is 0 Å². The fourth-order valence-electron chi connectivity index (χ4n) is 0.611. The summed E-state index contributed by atoms with van der Waals surface area (Å²) in [5, 5.41) is 0. The highest BCUT2D eigenvalue weighted by Gasteiger charge is 2.41. The van der Waals surface area contributed by atoms with E-state index in [1.54, 1.807) is 0 Å². The first-order valence-electron chi connectivity index (χ1n) is 3.35. The summed E-state index contributed by atoms with van der Waals surface area (Å²) < 4.78 is 15.6. The third-order valence-corrected chi connectivity index (χ3v) is 8.43. The van der Waals surface area contributed by atoms with Crippen molar-refractivity contribution in [3.05, 3.63) is 0 Å².